The van der Waals surface area contributed by atoms with E-state index < -0.39 is 5.41 Å². The van der Waals surface area contributed by atoms with Crippen molar-refractivity contribution in [2.24, 2.45) is 5.41 Å². The van der Waals surface area contributed by atoms with E-state index in [1.807, 2.05) is 23.6 Å². The summed E-state index contributed by atoms with van der Waals surface area (Å²) < 4.78 is 0. The number of nitriles is 1. The molecule has 14 heavy (non-hydrogen) atoms. The molecule has 1 saturated heterocycles. The van der Waals surface area contributed by atoms with Gasteiger partial charge in [0.05, 0.1) is 6.07 Å². The van der Waals surface area contributed by atoms with Gasteiger partial charge in [-0.15, -0.1) is 0 Å². The van der Waals surface area contributed by atoms with Crippen molar-refractivity contribution in [3.8, 4) is 6.07 Å². The second kappa shape index (κ2) is 4.22. The first kappa shape index (κ1) is 11.4. The van der Waals surface area contributed by atoms with Gasteiger partial charge in [0.2, 0.25) is 5.91 Å². The van der Waals surface area contributed by atoms with Gasteiger partial charge in [0, 0.05) is 24.1 Å². The Morgan fingerprint density at radius 3 is 2.79 bits per heavy atom. The van der Waals surface area contributed by atoms with Gasteiger partial charge >= 0.3 is 0 Å². The third kappa shape index (κ3) is 2.21. The number of thioether (sulfide) groups is 1. The summed E-state index contributed by atoms with van der Waals surface area (Å²) in [5.74, 6) is 1.93. The molecule has 0 aromatic rings. The zero-order valence-corrected chi connectivity index (χ0v) is 9.73. The van der Waals surface area contributed by atoms with Gasteiger partial charge in [-0.1, -0.05) is 0 Å². The van der Waals surface area contributed by atoms with E-state index in [4.69, 9.17) is 5.26 Å². The molecule has 1 rings (SSSR count). The van der Waals surface area contributed by atoms with E-state index in [0.717, 1.165) is 18.1 Å². The van der Waals surface area contributed by atoms with Crippen molar-refractivity contribution >= 4 is 17.7 Å². The first-order valence-electron chi connectivity index (χ1n) is 4.79. The average molecular weight is 212 g/mol. The van der Waals surface area contributed by atoms with Crippen LogP contribution < -0.4 is 0 Å². The molecule has 3 nitrogen and oxygen atoms in total. The predicted molar refractivity (Wildman–Crippen MR) is 57.9 cm³/mol. The monoisotopic (exact) mass is 212 g/mol. The van der Waals surface area contributed by atoms with E-state index in [9.17, 15) is 4.79 Å². The molecule has 0 aromatic heterocycles. The minimum Gasteiger partial charge on any atom is -0.337 e. The first-order chi connectivity index (χ1) is 6.49. The molecule has 1 heterocycles. The number of rotatable bonds is 1. The summed E-state index contributed by atoms with van der Waals surface area (Å²) in [6.07, 6.45) is 0. The van der Waals surface area contributed by atoms with Crippen molar-refractivity contribution in [2.75, 3.05) is 18.1 Å². The van der Waals surface area contributed by atoms with Crippen LogP contribution in [0, 0.1) is 16.7 Å². The van der Waals surface area contributed by atoms with E-state index in [-0.39, 0.29) is 11.9 Å². The summed E-state index contributed by atoms with van der Waals surface area (Å²) in [5.41, 5.74) is -0.879. The van der Waals surface area contributed by atoms with Crippen LogP contribution in [-0.4, -0.2) is 34.9 Å². The molecule has 0 radical (unpaired) electrons. The van der Waals surface area contributed by atoms with E-state index in [1.165, 1.54) is 0 Å². The average Bonchev–Trinajstić information content (AvgIpc) is 2.17. The number of hydrogen-bond donors (Lipinski definition) is 0. The molecule has 1 amide bonds. The highest BCUT2D eigenvalue weighted by Crippen LogP contribution is 2.23. The minimum absolute atomic E-state index is 0.0344. The van der Waals surface area contributed by atoms with Gasteiger partial charge in [0.1, 0.15) is 5.41 Å². The summed E-state index contributed by atoms with van der Waals surface area (Å²) in [4.78, 5) is 13.8. The maximum absolute atomic E-state index is 12.0. The van der Waals surface area contributed by atoms with Crippen molar-refractivity contribution < 1.29 is 4.79 Å². The van der Waals surface area contributed by atoms with Crippen LogP contribution in [0.25, 0.3) is 0 Å². The highest BCUT2D eigenvalue weighted by Gasteiger charge is 2.35. The normalized spacial score (nSPS) is 23.0. The molecule has 0 saturated carbocycles. The van der Waals surface area contributed by atoms with Crippen molar-refractivity contribution in [1.82, 2.24) is 4.90 Å². The molecule has 1 unspecified atom stereocenters. The summed E-state index contributed by atoms with van der Waals surface area (Å²) in [6, 6.07) is 2.32. The molecular weight excluding hydrogens is 196 g/mol. The lowest BCUT2D eigenvalue weighted by molar-refractivity contribution is -0.139. The highest BCUT2D eigenvalue weighted by molar-refractivity contribution is 7.99. The lowest BCUT2D eigenvalue weighted by atomic mass is 9.93. The number of nitrogens with zero attached hydrogens (tertiary/aromatic N) is 2. The second-order valence-corrected chi connectivity index (χ2v) is 5.31. The van der Waals surface area contributed by atoms with E-state index >= 15 is 0 Å². The van der Waals surface area contributed by atoms with E-state index in [0.29, 0.717) is 0 Å². The predicted octanol–water partition coefficient (Wildman–Crippen LogP) is 1.50. The van der Waals surface area contributed by atoms with Crippen molar-refractivity contribution in [3.63, 3.8) is 0 Å². The van der Waals surface area contributed by atoms with Gasteiger partial charge in [-0.2, -0.15) is 17.0 Å². The molecule has 78 valence electrons. The Labute approximate surface area is 89.5 Å². The van der Waals surface area contributed by atoms with Crippen LogP contribution in [0.15, 0.2) is 0 Å². The second-order valence-electron chi connectivity index (χ2n) is 4.16. The molecular formula is C10H16N2OS. The number of carbonyl (C=O) groups excluding carboxylic acids is 1. The Balaban J connectivity index is 2.73. The Morgan fingerprint density at radius 1 is 1.64 bits per heavy atom. The van der Waals surface area contributed by atoms with Gasteiger partial charge in [-0.3, -0.25) is 4.79 Å². The van der Waals surface area contributed by atoms with Gasteiger partial charge in [-0.05, 0) is 20.8 Å². The van der Waals surface area contributed by atoms with Crippen LogP contribution in [0.4, 0.5) is 0 Å². The zero-order valence-electron chi connectivity index (χ0n) is 8.91. The third-order valence-electron chi connectivity index (χ3n) is 2.44. The Bertz CT molecular complexity index is 270. The molecule has 0 spiro atoms. The minimum atomic E-state index is -0.879. The van der Waals surface area contributed by atoms with Crippen LogP contribution in [0.1, 0.15) is 20.8 Å². The molecule has 4 heteroatoms. The largest absolute Gasteiger partial charge is 0.337 e. The molecule has 0 N–H and O–H groups in total. The van der Waals surface area contributed by atoms with E-state index in [1.54, 1.807) is 13.8 Å². The molecule has 0 bridgehead atoms. The smallest absolute Gasteiger partial charge is 0.242 e. The number of carbonyl (C=O) groups is 1. The van der Waals surface area contributed by atoms with Crippen molar-refractivity contribution in [2.45, 2.75) is 26.8 Å². The SMILES string of the molecule is CC1CSCCN1C(=O)C(C)(C)C#N. The third-order valence-corrected chi connectivity index (χ3v) is 3.63. The Morgan fingerprint density at radius 2 is 2.29 bits per heavy atom. The van der Waals surface area contributed by atoms with Crippen LogP contribution in [0.5, 0.6) is 0 Å². The molecule has 1 aliphatic rings. The lowest BCUT2D eigenvalue weighted by Crippen LogP contribution is -2.49. The van der Waals surface area contributed by atoms with Crippen molar-refractivity contribution in [1.29, 1.82) is 5.26 Å². The quantitative estimate of drug-likeness (QED) is 0.661. The summed E-state index contributed by atoms with van der Waals surface area (Å²) >= 11 is 1.87. The maximum atomic E-state index is 12.0. The molecule has 1 atom stereocenters. The number of amides is 1. The topological polar surface area (TPSA) is 44.1 Å². The maximum Gasteiger partial charge on any atom is 0.242 e. The first-order valence-corrected chi connectivity index (χ1v) is 5.94. The van der Waals surface area contributed by atoms with Gasteiger partial charge in [-0.25, -0.2) is 0 Å². The lowest BCUT2D eigenvalue weighted by Gasteiger charge is -2.36. The van der Waals surface area contributed by atoms with Crippen LogP contribution >= 0.6 is 11.8 Å². The van der Waals surface area contributed by atoms with Crippen LogP contribution in [-0.2, 0) is 4.79 Å². The Kier molecular flexibility index (Phi) is 3.43. The fraction of sp³-hybridized carbons (Fsp3) is 0.800. The molecule has 1 aliphatic heterocycles. The molecule has 0 aromatic carbocycles. The van der Waals surface area contributed by atoms with E-state index in [2.05, 4.69) is 6.07 Å². The fourth-order valence-corrected chi connectivity index (χ4v) is 2.45. The standard InChI is InChI=1S/C10H16N2OS/c1-8-6-14-5-4-12(8)9(13)10(2,3)7-11/h8H,4-6H2,1-3H3. The summed E-state index contributed by atoms with van der Waals surface area (Å²) in [6.45, 7) is 6.18. The number of hydrogen-bond acceptors (Lipinski definition) is 3. The highest BCUT2D eigenvalue weighted by atomic mass is 32.2. The van der Waals surface area contributed by atoms with Gasteiger partial charge < -0.3 is 4.90 Å². The molecule has 0 aliphatic carbocycles. The van der Waals surface area contributed by atoms with Crippen LogP contribution in [0.2, 0.25) is 0 Å². The van der Waals surface area contributed by atoms with Crippen LogP contribution in [0.3, 0.4) is 0 Å². The summed E-state index contributed by atoms with van der Waals surface area (Å²) in [5, 5.41) is 8.88. The van der Waals surface area contributed by atoms with Gasteiger partial charge in [0.25, 0.3) is 0 Å². The molecule has 1 fully saturated rings. The van der Waals surface area contributed by atoms with Gasteiger partial charge in [0.15, 0.2) is 0 Å². The van der Waals surface area contributed by atoms with Crippen molar-refractivity contribution in [3.05, 3.63) is 0 Å². The zero-order chi connectivity index (χ0) is 10.8. The summed E-state index contributed by atoms with van der Waals surface area (Å²) in [7, 11) is 0. The fourth-order valence-electron chi connectivity index (χ4n) is 1.44. The Hall–Kier alpha value is -0.690.